The molecule has 0 aromatic carbocycles. The summed E-state index contributed by atoms with van der Waals surface area (Å²) in [6, 6.07) is 2.73. The lowest BCUT2D eigenvalue weighted by molar-refractivity contribution is 0.344. The normalized spacial score (nSPS) is 25.5. The molecule has 0 amide bonds. The molecular formula is C13H22N2O. The Bertz CT molecular complexity index is 332. The Morgan fingerprint density at radius 1 is 1.50 bits per heavy atom. The second-order valence-electron chi connectivity index (χ2n) is 5.27. The van der Waals surface area contributed by atoms with Gasteiger partial charge in [0.05, 0.1) is 12.2 Å². The molecule has 16 heavy (non-hydrogen) atoms. The van der Waals surface area contributed by atoms with Crippen LogP contribution in [0.1, 0.15) is 57.4 Å². The highest BCUT2D eigenvalue weighted by molar-refractivity contribution is 5.08. The number of nitrogens with one attached hydrogen (secondary N) is 1. The van der Waals surface area contributed by atoms with E-state index in [0.717, 1.165) is 23.9 Å². The van der Waals surface area contributed by atoms with Gasteiger partial charge in [0.15, 0.2) is 5.76 Å². The molecule has 0 aliphatic heterocycles. The predicted molar refractivity (Wildman–Crippen MR) is 64.2 cm³/mol. The molecule has 1 aromatic rings. The molecular weight excluding hydrogens is 200 g/mol. The molecule has 2 rings (SSSR count). The van der Waals surface area contributed by atoms with E-state index in [9.17, 15) is 0 Å². The topological polar surface area (TPSA) is 38.1 Å². The molecule has 3 heteroatoms. The van der Waals surface area contributed by atoms with E-state index in [1.54, 1.807) is 0 Å². The van der Waals surface area contributed by atoms with Crippen molar-refractivity contribution in [1.82, 2.24) is 10.5 Å². The summed E-state index contributed by atoms with van der Waals surface area (Å²) in [4.78, 5) is 0. The van der Waals surface area contributed by atoms with Crippen LogP contribution in [-0.4, -0.2) is 11.2 Å². The first-order chi connectivity index (χ1) is 7.66. The van der Waals surface area contributed by atoms with E-state index in [4.69, 9.17) is 4.52 Å². The van der Waals surface area contributed by atoms with Crippen LogP contribution in [0.25, 0.3) is 0 Å². The van der Waals surface area contributed by atoms with Gasteiger partial charge in [0.1, 0.15) is 0 Å². The van der Waals surface area contributed by atoms with Crippen molar-refractivity contribution in [3.63, 3.8) is 0 Å². The van der Waals surface area contributed by atoms with Crippen molar-refractivity contribution >= 4 is 0 Å². The van der Waals surface area contributed by atoms with Gasteiger partial charge in [-0.25, -0.2) is 0 Å². The molecule has 0 bridgehead atoms. The molecule has 2 unspecified atom stereocenters. The van der Waals surface area contributed by atoms with Gasteiger partial charge >= 0.3 is 0 Å². The van der Waals surface area contributed by atoms with Gasteiger partial charge in [0.25, 0.3) is 0 Å². The van der Waals surface area contributed by atoms with Gasteiger partial charge in [-0.2, -0.15) is 0 Å². The highest BCUT2D eigenvalue weighted by Crippen LogP contribution is 2.25. The predicted octanol–water partition coefficient (Wildman–Crippen LogP) is 3.08. The lowest BCUT2D eigenvalue weighted by atomic mass is 10.1. The van der Waals surface area contributed by atoms with Gasteiger partial charge < -0.3 is 9.84 Å². The van der Waals surface area contributed by atoms with Crippen LogP contribution in [0.2, 0.25) is 0 Å². The fourth-order valence-corrected chi connectivity index (χ4v) is 2.36. The molecule has 1 aliphatic rings. The van der Waals surface area contributed by atoms with Crippen LogP contribution >= 0.6 is 0 Å². The monoisotopic (exact) mass is 222 g/mol. The summed E-state index contributed by atoms with van der Waals surface area (Å²) in [5.41, 5.74) is 1.05. The second-order valence-corrected chi connectivity index (χ2v) is 5.27. The van der Waals surface area contributed by atoms with E-state index >= 15 is 0 Å². The SMILES string of the molecule is CC(C)c1cc(CNC2CCCC2C)on1. The van der Waals surface area contributed by atoms with Crippen LogP contribution < -0.4 is 5.32 Å². The molecule has 1 aromatic heterocycles. The average Bonchev–Trinajstić information content (AvgIpc) is 2.83. The first-order valence-electron chi connectivity index (χ1n) is 6.35. The van der Waals surface area contributed by atoms with Crippen molar-refractivity contribution in [3.8, 4) is 0 Å². The number of rotatable bonds is 4. The first kappa shape index (κ1) is 11.6. The van der Waals surface area contributed by atoms with Gasteiger partial charge in [-0.1, -0.05) is 32.3 Å². The highest BCUT2D eigenvalue weighted by Gasteiger charge is 2.22. The molecule has 3 nitrogen and oxygen atoms in total. The molecule has 0 saturated heterocycles. The number of aromatic nitrogens is 1. The van der Waals surface area contributed by atoms with E-state index in [1.165, 1.54) is 19.3 Å². The zero-order valence-corrected chi connectivity index (χ0v) is 10.5. The van der Waals surface area contributed by atoms with Gasteiger partial charge in [-0.15, -0.1) is 0 Å². The minimum Gasteiger partial charge on any atom is -0.360 e. The third kappa shape index (κ3) is 2.64. The van der Waals surface area contributed by atoms with Crippen molar-refractivity contribution in [3.05, 3.63) is 17.5 Å². The fourth-order valence-electron chi connectivity index (χ4n) is 2.36. The van der Waals surface area contributed by atoms with E-state index in [0.29, 0.717) is 12.0 Å². The average molecular weight is 222 g/mol. The molecule has 1 N–H and O–H groups in total. The van der Waals surface area contributed by atoms with Crippen molar-refractivity contribution in [2.75, 3.05) is 0 Å². The third-order valence-corrected chi connectivity index (χ3v) is 3.57. The second kappa shape index (κ2) is 5.00. The lowest BCUT2D eigenvalue weighted by Gasteiger charge is -2.15. The maximum absolute atomic E-state index is 5.31. The van der Waals surface area contributed by atoms with Crippen LogP contribution in [0.15, 0.2) is 10.6 Å². The molecule has 2 atom stereocenters. The van der Waals surface area contributed by atoms with Gasteiger partial charge in [0.2, 0.25) is 0 Å². The van der Waals surface area contributed by atoms with Gasteiger partial charge in [-0.3, -0.25) is 0 Å². The molecule has 1 heterocycles. The Morgan fingerprint density at radius 2 is 2.31 bits per heavy atom. The molecule has 0 radical (unpaired) electrons. The number of hydrogen-bond acceptors (Lipinski definition) is 3. The van der Waals surface area contributed by atoms with Crippen molar-refractivity contribution in [2.45, 2.75) is 58.5 Å². The molecule has 90 valence electrons. The van der Waals surface area contributed by atoms with Crippen LogP contribution in [0.4, 0.5) is 0 Å². The minimum atomic E-state index is 0.447. The Balaban J connectivity index is 1.84. The maximum Gasteiger partial charge on any atom is 0.150 e. The lowest BCUT2D eigenvalue weighted by Crippen LogP contribution is -2.30. The smallest absolute Gasteiger partial charge is 0.150 e. The van der Waals surface area contributed by atoms with E-state index in [2.05, 4.69) is 37.3 Å². The quantitative estimate of drug-likeness (QED) is 0.850. The Labute approximate surface area is 97.6 Å². The van der Waals surface area contributed by atoms with Crippen LogP contribution in [0.5, 0.6) is 0 Å². The number of hydrogen-bond donors (Lipinski definition) is 1. The summed E-state index contributed by atoms with van der Waals surface area (Å²) >= 11 is 0. The summed E-state index contributed by atoms with van der Waals surface area (Å²) in [5, 5.41) is 7.63. The molecule has 1 aliphatic carbocycles. The Kier molecular flexibility index (Phi) is 3.64. The van der Waals surface area contributed by atoms with Gasteiger partial charge in [0, 0.05) is 12.1 Å². The molecule has 0 spiro atoms. The minimum absolute atomic E-state index is 0.447. The third-order valence-electron chi connectivity index (χ3n) is 3.57. The van der Waals surface area contributed by atoms with Crippen LogP contribution in [0.3, 0.4) is 0 Å². The summed E-state index contributed by atoms with van der Waals surface area (Å²) < 4.78 is 5.31. The maximum atomic E-state index is 5.31. The van der Waals surface area contributed by atoms with Crippen LogP contribution in [0, 0.1) is 5.92 Å². The summed E-state index contributed by atoms with van der Waals surface area (Å²) in [6.07, 6.45) is 4.00. The van der Waals surface area contributed by atoms with Crippen molar-refractivity contribution in [1.29, 1.82) is 0 Å². The zero-order valence-electron chi connectivity index (χ0n) is 10.5. The fraction of sp³-hybridized carbons (Fsp3) is 0.769. The van der Waals surface area contributed by atoms with E-state index in [1.807, 2.05) is 0 Å². The van der Waals surface area contributed by atoms with Gasteiger partial charge in [-0.05, 0) is 24.7 Å². The first-order valence-corrected chi connectivity index (χ1v) is 6.35. The zero-order chi connectivity index (χ0) is 11.5. The highest BCUT2D eigenvalue weighted by atomic mass is 16.5. The number of nitrogens with zero attached hydrogens (tertiary/aromatic N) is 1. The Morgan fingerprint density at radius 3 is 2.88 bits per heavy atom. The van der Waals surface area contributed by atoms with Crippen molar-refractivity contribution in [2.24, 2.45) is 5.92 Å². The standard InChI is InChI=1S/C13H22N2O/c1-9(2)13-7-11(16-15-13)8-14-12-6-4-5-10(12)3/h7,9-10,12,14H,4-6,8H2,1-3H3. The van der Waals surface area contributed by atoms with Crippen molar-refractivity contribution < 1.29 is 4.52 Å². The summed E-state index contributed by atoms with van der Waals surface area (Å²) in [6.45, 7) is 7.40. The summed E-state index contributed by atoms with van der Waals surface area (Å²) in [7, 11) is 0. The largest absolute Gasteiger partial charge is 0.360 e. The summed E-state index contributed by atoms with van der Waals surface area (Å²) in [5.74, 6) is 2.21. The van der Waals surface area contributed by atoms with E-state index in [-0.39, 0.29) is 0 Å². The molecule has 1 fully saturated rings. The van der Waals surface area contributed by atoms with Crippen LogP contribution in [-0.2, 0) is 6.54 Å². The van der Waals surface area contributed by atoms with E-state index < -0.39 is 0 Å². The Hall–Kier alpha value is -0.830. The molecule has 1 saturated carbocycles.